The predicted octanol–water partition coefficient (Wildman–Crippen LogP) is 0.823. The van der Waals surface area contributed by atoms with Crippen LogP contribution in [0.2, 0.25) is 0 Å². The molecule has 20 heavy (non-hydrogen) atoms. The maximum absolute atomic E-state index is 13.7. The molecule has 0 aliphatic rings. The third-order valence-corrected chi connectivity index (χ3v) is 4.35. The van der Waals surface area contributed by atoms with E-state index in [0.717, 1.165) is 6.54 Å². The lowest BCUT2D eigenvalue weighted by Gasteiger charge is -2.12. The first-order chi connectivity index (χ1) is 9.27. The number of hydrogen-bond acceptors (Lipinski definition) is 4. The summed E-state index contributed by atoms with van der Waals surface area (Å²) in [5.74, 6) is -0.445. The lowest BCUT2D eigenvalue weighted by atomic mass is 10.1. The summed E-state index contributed by atoms with van der Waals surface area (Å²) >= 11 is 0. The zero-order valence-electron chi connectivity index (χ0n) is 12.1. The number of nitrogens with zero attached hydrogens (tertiary/aromatic N) is 1. The van der Waals surface area contributed by atoms with E-state index in [4.69, 9.17) is 5.73 Å². The summed E-state index contributed by atoms with van der Waals surface area (Å²) in [7, 11) is 0.223. The van der Waals surface area contributed by atoms with Crippen molar-refractivity contribution in [3.05, 3.63) is 29.1 Å². The van der Waals surface area contributed by atoms with Crippen molar-refractivity contribution >= 4 is 10.0 Å². The van der Waals surface area contributed by atoms with Crippen molar-refractivity contribution < 1.29 is 12.8 Å². The van der Waals surface area contributed by atoms with Crippen molar-refractivity contribution in [3.63, 3.8) is 0 Å². The Morgan fingerprint density at radius 1 is 1.35 bits per heavy atom. The van der Waals surface area contributed by atoms with Crippen molar-refractivity contribution in [1.29, 1.82) is 0 Å². The van der Waals surface area contributed by atoms with Crippen LogP contribution in [0.25, 0.3) is 0 Å². The van der Waals surface area contributed by atoms with Gasteiger partial charge in [-0.25, -0.2) is 17.5 Å². The second-order valence-electron chi connectivity index (χ2n) is 4.97. The molecule has 0 saturated heterocycles. The van der Waals surface area contributed by atoms with Gasteiger partial charge in [-0.3, -0.25) is 0 Å². The Balaban J connectivity index is 2.85. The fourth-order valence-corrected chi connectivity index (χ4v) is 3.00. The zero-order chi connectivity index (χ0) is 15.3. The van der Waals surface area contributed by atoms with Crippen LogP contribution in [-0.4, -0.2) is 40.5 Å². The van der Waals surface area contributed by atoms with Crippen LogP contribution in [0.4, 0.5) is 4.39 Å². The molecule has 0 heterocycles. The fourth-order valence-electron chi connectivity index (χ4n) is 1.80. The molecular weight excluding hydrogens is 281 g/mol. The summed E-state index contributed by atoms with van der Waals surface area (Å²) in [5, 5.41) is 0. The molecule has 0 aliphatic heterocycles. The third-order valence-electron chi connectivity index (χ3n) is 2.91. The minimum Gasteiger partial charge on any atom is -0.326 e. The van der Waals surface area contributed by atoms with Gasteiger partial charge in [0.15, 0.2) is 0 Å². The minimum absolute atomic E-state index is 0.0311. The molecule has 5 nitrogen and oxygen atoms in total. The van der Waals surface area contributed by atoms with Crippen molar-refractivity contribution in [2.45, 2.75) is 24.8 Å². The van der Waals surface area contributed by atoms with Crippen LogP contribution < -0.4 is 10.5 Å². The highest BCUT2D eigenvalue weighted by Crippen LogP contribution is 2.18. The van der Waals surface area contributed by atoms with Gasteiger partial charge in [0.1, 0.15) is 5.82 Å². The van der Waals surface area contributed by atoms with E-state index in [1.165, 1.54) is 19.1 Å². The number of nitrogens with two attached hydrogens (primary N) is 1. The first-order valence-corrected chi connectivity index (χ1v) is 7.89. The Morgan fingerprint density at radius 3 is 2.55 bits per heavy atom. The number of sulfonamides is 1. The third kappa shape index (κ3) is 4.52. The standard InChI is InChI=1S/C13H22FN3O2S/c1-10-7-12(8-11(9-15)13(10)14)20(18,19)16-5-4-6-17(2)3/h7-8,16H,4-6,9,15H2,1-3H3. The molecule has 0 saturated carbocycles. The molecule has 1 aromatic rings. The Bertz CT molecular complexity index is 559. The van der Waals surface area contributed by atoms with Crippen LogP contribution in [-0.2, 0) is 16.6 Å². The first kappa shape index (κ1) is 17.0. The molecular formula is C13H22FN3O2S. The van der Waals surface area contributed by atoms with Crippen molar-refractivity contribution in [1.82, 2.24) is 9.62 Å². The van der Waals surface area contributed by atoms with Gasteiger partial charge in [-0.15, -0.1) is 0 Å². The normalized spacial score (nSPS) is 12.1. The van der Waals surface area contributed by atoms with Crippen LogP contribution in [0, 0.1) is 12.7 Å². The van der Waals surface area contributed by atoms with Gasteiger partial charge < -0.3 is 10.6 Å². The van der Waals surface area contributed by atoms with E-state index in [9.17, 15) is 12.8 Å². The molecule has 1 rings (SSSR count). The van der Waals surface area contributed by atoms with Crippen LogP contribution in [0.5, 0.6) is 0 Å². The molecule has 3 N–H and O–H groups in total. The molecule has 0 radical (unpaired) electrons. The lowest BCUT2D eigenvalue weighted by Crippen LogP contribution is -2.27. The van der Waals surface area contributed by atoms with E-state index in [0.29, 0.717) is 13.0 Å². The molecule has 0 bridgehead atoms. The molecule has 0 amide bonds. The number of halogens is 1. The average Bonchev–Trinajstić information content (AvgIpc) is 2.37. The number of rotatable bonds is 7. The van der Waals surface area contributed by atoms with Gasteiger partial charge in [0.2, 0.25) is 10.0 Å². The van der Waals surface area contributed by atoms with E-state index in [1.54, 1.807) is 0 Å². The minimum atomic E-state index is -3.62. The highest BCUT2D eigenvalue weighted by Gasteiger charge is 2.17. The molecule has 0 aromatic heterocycles. The lowest BCUT2D eigenvalue weighted by molar-refractivity contribution is 0.400. The van der Waals surface area contributed by atoms with Gasteiger partial charge in [-0.2, -0.15) is 0 Å². The Kier molecular flexibility index (Phi) is 6.07. The zero-order valence-corrected chi connectivity index (χ0v) is 12.9. The number of nitrogens with one attached hydrogen (secondary N) is 1. The quantitative estimate of drug-likeness (QED) is 0.731. The summed E-state index contributed by atoms with van der Waals surface area (Å²) in [6, 6.07) is 2.61. The van der Waals surface area contributed by atoms with Gasteiger partial charge in [-0.1, -0.05) is 0 Å². The summed E-state index contributed by atoms with van der Waals surface area (Å²) in [6.07, 6.45) is 0.705. The van der Waals surface area contributed by atoms with Crippen LogP contribution in [0.1, 0.15) is 17.5 Å². The molecule has 1 aromatic carbocycles. The second-order valence-corrected chi connectivity index (χ2v) is 6.74. The largest absolute Gasteiger partial charge is 0.326 e. The Labute approximate surface area is 120 Å². The number of benzene rings is 1. The highest BCUT2D eigenvalue weighted by molar-refractivity contribution is 7.89. The summed E-state index contributed by atoms with van der Waals surface area (Å²) in [6.45, 7) is 2.63. The number of hydrogen-bond donors (Lipinski definition) is 2. The van der Waals surface area contributed by atoms with Crippen LogP contribution in [0.3, 0.4) is 0 Å². The van der Waals surface area contributed by atoms with E-state index >= 15 is 0 Å². The first-order valence-electron chi connectivity index (χ1n) is 6.41. The van der Waals surface area contributed by atoms with E-state index in [1.807, 2.05) is 19.0 Å². The topological polar surface area (TPSA) is 75.4 Å². The second kappa shape index (κ2) is 7.12. The summed E-state index contributed by atoms with van der Waals surface area (Å²) < 4.78 is 40.4. The van der Waals surface area contributed by atoms with Crippen LogP contribution >= 0.6 is 0 Å². The summed E-state index contributed by atoms with van der Waals surface area (Å²) in [5.41, 5.74) is 5.91. The Morgan fingerprint density at radius 2 is 2.00 bits per heavy atom. The van der Waals surface area contributed by atoms with Gasteiger partial charge in [-0.05, 0) is 51.7 Å². The smallest absolute Gasteiger partial charge is 0.240 e. The number of aryl methyl sites for hydroxylation is 1. The molecule has 7 heteroatoms. The van der Waals surface area contributed by atoms with Crippen molar-refractivity contribution in [2.24, 2.45) is 5.73 Å². The highest BCUT2D eigenvalue weighted by atomic mass is 32.2. The van der Waals surface area contributed by atoms with Gasteiger partial charge in [0, 0.05) is 18.7 Å². The van der Waals surface area contributed by atoms with Gasteiger partial charge in [0.25, 0.3) is 0 Å². The monoisotopic (exact) mass is 303 g/mol. The molecule has 0 spiro atoms. The van der Waals surface area contributed by atoms with Crippen LogP contribution in [0.15, 0.2) is 17.0 Å². The van der Waals surface area contributed by atoms with Gasteiger partial charge >= 0.3 is 0 Å². The van der Waals surface area contributed by atoms with Gasteiger partial charge in [0.05, 0.1) is 4.90 Å². The Hall–Kier alpha value is -1.02. The predicted molar refractivity (Wildman–Crippen MR) is 77.4 cm³/mol. The summed E-state index contributed by atoms with van der Waals surface area (Å²) in [4.78, 5) is 2.03. The maximum atomic E-state index is 13.7. The van der Waals surface area contributed by atoms with E-state index < -0.39 is 15.8 Å². The SMILES string of the molecule is Cc1cc(S(=O)(=O)NCCCN(C)C)cc(CN)c1F. The molecule has 0 fully saturated rings. The molecule has 0 atom stereocenters. The molecule has 0 unspecified atom stereocenters. The van der Waals surface area contributed by atoms with E-state index in [2.05, 4.69) is 4.72 Å². The van der Waals surface area contributed by atoms with Crippen molar-refractivity contribution in [2.75, 3.05) is 27.2 Å². The maximum Gasteiger partial charge on any atom is 0.240 e. The molecule has 114 valence electrons. The fraction of sp³-hybridized carbons (Fsp3) is 0.538. The molecule has 0 aliphatic carbocycles. The van der Waals surface area contributed by atoms with Crippen molar-refractivity contribution in [3.8, 4) is 0 Å². The van der Waals surface area contributed by atoms with E-state index in [-0.39, 0.29) is 22.6 Å². The average molecular weight is 303 g/mol.